The third kappa shape index (κ3) is 3.29. The van der Waals surface area contributed by atoms with Gasteiger partial charge >= 0.3 is 0 Å². The number of hydrazine groups is 1. The Morgan fingerprint density at radius 3 is 2.62 bits per heavy atom. The summed E-state index contributed by atoms with van der Waals surface area (Å²) in [6, 6.07) is 12.2. The molecule has 1 amide bonds. The van der Waals surface area contributed by atoms with Crippen molar-refractivity contribution in [1.29, 1.82) is 0 Å². The first-order chi connectivity index (χ1) is 11.4. The van der Waals surface area contributed by atoms with Crippen LogP contribution in [0, 0.1) is 5.92 Å². The van der Waals surface area contributed by atoms with Gasteiger partial charge in [0.15, 0.2) is 0 Å². The third-order valence-corrected chi connectivity index (χ3v) is 4.16. The average molecular weight is 324 g/mol. The van der Waals surface area contributed by atoms with Gasteiger partial charge in [0.2, 0.25) is 0 Å². The largest absolute Gasteiger partial charge is 0.493 e. The Morgan fingerprint density at radius 1 is 1.21 bits per heavy atom. The normalized spacial score (nSPS) is 18.4. The highest BCUT2D eigenvalue weighted by Crippen LogP contribution is 2.30. The quantitative estimate of drug-likeness (QED) is 0.844. The lowest BCUT2D eigenvalue weighted by atomic mass is 9.92. The van der Waals surface area contributed by atoms with Crippen molar-refractivity contribution in [2.45, 2.75) is 33.2 Å². The number of carbonyl (C=O) groups is 1. The smallest absolute Gasteiger partial charge is 0.263 e. The Balaban J connectivity index is 2.10. The van der Waals surface area contributed by atoms with Gasteiger partial charge in [-0.25, -0.2) is 5.43 Å². The number of hydrogen-bond donors (Lipinski definition) is 2. The molecule has 4 nitrogen and oxygen atoms in total. The molecule has 0 aliphatic carbocycles. The van der Waals surface area contributed by atoms with Gasteiger partial charge in [-0.05, 0) is 54.3 Å². The number of fused-ring (bicyclic) bond motifs is 1. The lowest BCUT2D eigenvalue weighted by Gasteiger charge is -2.17. The van der Waals surface area contributed by atoms with E-state index < -0.39 is 5.54 Å². The lowest BCUT2D eigenvalue weighted by molar-refractivity contribution is -0.116. The van der Waals surface area contributed by atoms with Crippen LogP contribution in [0.5, 0.6) is 5.75 Å². The van der Waals surface area contributed by atoms with Gasteiger partial charge in [-0.1, -0.05) is 38.1 Å². The summed E-state index contributed by atoms with van der Waals surface area (Å²) in [5, 5.41) is 2.21. The molecule has 0 saturated carbocycles. The van der Waals surface area contributed by atoms with Crippen LogP contribution in [0.15, 0.2) is 42.0 Å². The van der Waals surface area contributed by atoms with Crippen LogP contribution in [0.2, 0.25) is 0 Å². The first-order valence-electron chi connectivity index (χ1n) is 8.32. The fraction of sp³-hybridized carbons (Fsp3) is 0.350. The van der Waals surface area contributed by atoms with E-state index >= 15 is 0 Å². The van der Waals surface area contributed by atoms with Crippen molar-refractivity contribution in [1.82, 2.24) is 10.9 Å². The van der Waals surface area contributed by atoms with Crippen molar-refractivity contribution in [2.75, 3.05) is 6.61 Å². The monoisotopic (exact) mass is 324 g/mol. The van der Waals surface area contributed by atoms with Gasteiger partial charge in [-0.2, -0.15) is 0 Å². The van der Waals surface area contributed by atoms with Crippen molar-refractivity contribution in [3.8, 4) is 5.75 Å². The fourth-order valence-electron chi connectivity index (χ4n) is 2.81. The highest BCUT2D eigenvalue weighted by molar-refractivity contribution is 6.04. The molecule has 0 radical (unpaired) electrons. The number of carbonyl (C=O) groups excluding carboxylic acids is 1. The molecule has 0 spiro atoms. The number of hydrogen-bond acceptors (Lipinski definition) is 3. The Kier molecular flexibility index (Phi) is 4.33. The molecule has 3 rings (SSSR count). The third-order valence-electron chi connectivity index (χ3n) is 4.16. The molecule has 1 aliphatic heterocycles. The zero-order valence-corrected chi connectivity index (χ0v) is 14.6. The number of benzene rings is 2. The summed E-state index contributed by atoms with van der Waals surface area (Å²) >= 11 is 0. The summed E-state index contributed by atoms with van der Waals surface area (Å²) in [4.78, 5) is 12.2. The lowest BCUT2D eigenvalue weighted by Crippen LogP contribution is -2.38. The van der Waals surface area contributed by atoms with E-state index in [1.54, 1.807) is 0 Å². The van der Waals surface area contributed by atoms with Crippen LogP contribution >= 0.6 is 0 Å². The minimum absolute atomic E-state index is 0.0856. The van der Waals surface area contributed by atoms with Crippen LogP contribution in [0.25, 0.3) is 16.8 Å². The first-order valence-corrected chi connectivity index (χ1v) is 8.32. The molecule has 2 aromatic carbocycles. The number of ether oxygens (including phenoxy) is 1. The van der Waals surface area contributed by atoms with Crippen LogP contribution in [0.4, 0.5) is 0 Å². The van der Waals surface area contributed by atoms with E-state index in [4.69, 9.17) is 4.74 Å². The second-order valence-electron chi connectivity index (χ2n) is 7.20. The molecule has 0 unspecified atom stereocenters. The van der Waals surface area contributed by atoms with Crippen LogP contribution in [0.1, 0.15) is 33.3 Å². The van der Waals surface area contributed by atoms with Crippen molar-refractivity contribution >= 4 is 22.8 Å². The topological polar surface area (TPSA) is 50.4 Å². The van der Waals surface area contributed by atoms with Gasteiger partial charge in [-0.3, -0.25) is 10.2 Å². The van der Waals surface area contributed by atoms with E-state index in [2.05, 4.69) is 42.9 Å². The minimum atomic E-state index is -0.410. The Bertz CT molecular complexity index is 806. The second kappa shape index (κ2) is 6.29. The Morgan fingerprint density at radius 2 is 1.96 bits per heavy atom. The van der Waals surface area contributed by atoms with E-state index in [1.165, 1.54) is 0 Å². The van der Waals surface area contributed by atoms with Crippen molar-refractivity contribution in [3.05, 3.63) is 47.5 Å². The zero-order chi connectivity index (χ0) is 17.3. The summed E-state index contributed by atoms with van der Waals surface area (Å²) in [6.45, 7) is 8.89. The zero-order valence-electron chi connectivity index (χ0n) is 14.6. The molecular weight excluding hydrogens is 300 g/mol. The molecule has 2 aromatic rings. The maximum absolute atomic E-state index is 12.2. The Hall–Kier alpha value is -2.33. The second-order valence-corrected chi connectivity index (χ2v) is 7.20. The van der Waals surface area contributed by atoms with E-state index in [0.29, 0.717) is 18.1 Å². The van der Waals surface area contributed by atoms with Gasteiger partial charge in [0, 0.05) is 5.57 Å². The molecule has 0 atom stereocenters. The van der Waals surface area contributed by atoms with Crippen LogP contribution in [-0.4, -0.2) is 18.1 Å². The van der Waals surface area contributed by atoms with Gasteiger partial charge in [0.05, 0.1) is 12.1 Å². The van der Waals surface area contributed by atoms with Gasteiger partial charge < -0.3 is 4.74 Å². The summed E-state index contributed by atoms with van der Waals surface area (Å²) < 4.78 is 5.91. The number of amides is 1. The van der Waals surface area contributed by atoms with Crippen molar-refractivity contribution in [3.63, 3.8) is 0 Å². The minimum Gasteiger partial charge on any atom is -0.493 e. The number of rotatable bonds is 4. The molecule has 126 valence electrons. The SMILES string of the molecule is CC(C)COc1cc(/C=C2\C(=O)NNC2(C)C)c2ccccc2c1. The van der Waals surface area contributed by atoms with Crippen molar-refractivity contribution < 1.29 is 9.53 Å². The van der Waals surface area contributed by atoms with Crippen LogP contribution in [-0.2, 0) is 4.79 Å². The summed E-state index contributed by atoms with van der Waals surface area (Å²) in [5.41, 5.74) is 7.01. The summed E-state index contributed by atoms with van der Waals surface area (Å²) in [5.74, 6) is 1.21. The first kappa shape index (κ1) is 16.5. The molecular formula is C20H24N2O2. The van der Waals surface area contributed by atoms with E-state index in [0.717, 1.165) is 22.1 Å². The number of nitrogens with one attached hydrogen (secondary N) is 2. The summed E-state index contributed by atoms with van der Waals surface area (Å²) in [7, 11) is 0. The molecule has 24 heavy (non-hydrogen) atoms. The van der Waals surface area contributed by atoms with E-state index in [1.807, 2.05) is 38.1 Å². The standard InChI is InChI=1S/C20H24N2O2/c1-13(2)12-24-16-9-14-7-5-6-8-17(14)15(10-16)11-18-19(23)21-22-20(18,3)4/h5-11,13,22H,12H2,1-4H3,(H,21,23)/b18-11+. The van der Waals surface area contributed by atoms with Crippen LogP contribution in [0.3, 0.4) is 0 Å². The average Bonchev–Trinajstić information content (AvgIpc) is 2.80. The molecule has 1 heterocycles. The van der Waals surface area contributed by atoms with Gasteiger partial charge in [0.25, 0.3) is 5.91 Å². The molecule has 1 aliphatic rings. The molecule has 1 fully saturated rings. The van der Waals surface area contributed by atoms with Gasteiger partial charge in [-0.15, -0.1) is 0 Å². The van der Waals surface area contributed by atoms with Gasteiger partial charge in [0.1, 0.15) is 5.75 Å². The predicted molar refractivity (Wildman–Crippen MR) is 97.6 cm³/mol. The van der Waals surface area contributed by atoms with E-state index in [9.17, 15) is 4.79 Å². The van der Waals surface area contributed by atoms with Crippen LogP contribution < -0.4 is 15.6 Å². The molecule has 0 bridgehead atoms. The molecule has 2 N–H and O–H groups in total. The predicted octanol–water partition coefficient (Wildman–Crippen LogP) is 3.67. The van der Waals surface area contributed by atoms with Crippen molar-refractivity contribution in [2.24, 2.45) is 5.92 Å². The molecule has 0 aromatic heterocycles. The maximum Gasteiger partial charge on any atom is 0.263 e. The maximum atomic E-state index is 12.2. The highest BCUT2D eigenvalue weighted by atomic mass is 16.5. The Labute approximate surface area is 142 Å². The molecule has 1 saturated heterocycles. The highest BCUT2D eigenvalue weighted by Gasteiger charge is 2.35. The summed E-state index contributed by atoms with van der Waals surface area (Å²) in [6.07, 6.45) is 1.96. The fourth-order valence-corrected chi connectivity index (χ4v) is 2.81. The molecule has 4 heteroatoms. The van der Waals surface area contributed by atoms with E-state index in [-0.39, 0.29) is 5.91 Å².